The lowest BCUT2D eigenvalue weighted by molar-refractivity contribution is -0.139. The van der Waals surface area contributed by atoms with E-state index >= 15 is 0 Å². The summed E-state index contributed by atoms with van der Waals surface area (Å²) < 4.78 is 29.2. The Morgan fingerprint density at radius 2 is 1.61 bits per heavy atom. The number of sulfonamides is 1. The summed E-state index contributed by atoms with van der Waals surface area (Å²) in [5, 5.41) is 3.69. The Morgan fingerprint density at radius 3 is 2.22 bits per heavy atom. The first-order valence-corrected chi connectivity index (χ1v) is 15.6. The molecule has 7 nitrogen and oxygen atoms in total. The molecule has 0 heterocycles. The number of hydrogen-bond acceptors (Lipinski definition) is 4. The monoisotopic (exact) mass is 617 g/mol. The molecule has 0 saturated carbocycles. The fraction of sp³-hybridized carbons (Fsp3) is 0.355. The first-order chi connectivity index (χ1) is 19.3. The molecule has 0 saturated heterocycles. The van der Waals surface area contributed by atoms with Crippen LogP contribution in [-0.2, 0) is 26.2 Å². The number of carbonyl (C=O) groups excluding carboxylic acids is 2. The van der Waals surface area contributed by atoms with Crippen LogP contribution in [0.4, 0.5) is 5.69 Å². The number of nitrogens with one attached hydrogen (secondary N) is 1. The molecule has 1 N–H and O–H groups in total. The van der Waals surface area contributed by atoms with Crippen LogP contribution in [0.1, 0.15) is 49.4 Å². The van der Waals surface area contributed by atoms with Crippen molar-refractivity contribution in [3.63, 3.8) is 0 Å². The predicted octanol–water partition coefficient (Wildman–Crippen LogP) is 6.45. The normalized spacial score (nSPS) is 12.9. The number of aryl methyl sites for hydroxylation is 2. The van der Waals surface area contributed by atoms with Crippen LogP contribution < -0.4 is 9.62 Å². The highest BCUT2D eigenvalue weighted by Crippen LogP contribution is 2.30. The molecule has 0 spiro atoms. The molecule has 0 fully saturated rings. The van der Waals surface area contributed by atoms with E-state index in [0.717, 1.165) is 21.0 Å². The fourth-order valence-electron chi connectivity index (χ4n) is 4.24. The van der Waals surface area contributed by atoms with Gasteiger partial charge in [-0.25, -0.2) is 8.42 Å². The van der Waals surface area contributed by atoms with Gasteiger partial charge in [0.05, 0.1) is 10.6 Å². The van der Waals surface area contributed by atoms with Gasteiger partial charge in [0.1, 0.15) is 12.6 Å². The molecule has 0 aliphatic rings. The molecular weight excluding hydrogens is 581 g/mol. The summed E-state index contributed by atoms with van der Waals surface area (Å²) in [6.45, 7) is 10.5. The van der Waals surface area contributed by atoms with Crippen LogP contribution in [0.25, 0.3) is 0 Å². The molecule has 2 amide bonds. The molecule has 0 radical (unpaired) electrons. The smallest absolute Gasteiger partial charge is 0.264 e. The summed E-state index contributed by atoms with van der Waals surface area (Å²) in [4.78, 5) is 28.7. The molecule has 220 valence electrons. The second-order valence-corrected chi connectivity index (χ2v) is 13.0. The lowest BCUT2D eigenvalue weighted by Gasteiger charge is -2.33. The van der Waals surface area contributed by atoms with E-state index < -0.39 is 28.5 Å². The van der Waals surface area contributed by atoms with Crippen molar-refractivity contribution in [3.8, 4) is 0 Å². The predicted molar refractivity (Wildman–Crippen MR) is 166 cm³/mol. The number of benzene rings is 3. The quantitative estimate of drug-likeness (QED) is 0.268. The zero-order valence-corrected chi connectivity index (χ0v) is 26.6. The Morgan fingerprint density at radius 1 is 0.951 bits per heavy atom. The van der Waals surface area contributed by atoms with Crippen LogP contribution in [0.2, 0.25) is 10.0 Å². The van der Waals surface area contributed by atoms with Gasteiger partial charge >= 0.3 is 0 Å². The first kappa shape index (κ1) is 32.4. The van der Waals surface area contributed by atoms with Crippen LogP contribution in [0.15, 0.2) is 65.6 Å². The van der Waals surface area contributed by atoms with Crippen molar-refractivity contribution in [2.75, 3.05) is 10.8 Å². The molecule has 3 aromatic rings. The van der Waals surface area contributed by atoms with Gasteiger partial charge in [-0.05, 0) is 88.1 Å². The van der Waals surface area contributed by atoms with E-state index in [1.807, 2.05) is 40.7 Å². The molecule has 0 aromatic heterocycles. The van der Waals surface area contributed by atoms with Crippen LogP contribution in [-0.4, -0.2) is 43.8 Å². The van der Waals surface area contributed by atoms with Gasteiger partial charge in [0.25, 0.3) is 10.0 Å². The summed E-state index contributed by atoms with van der Waals surface area (Å²) >= 11 is 12.5. The van der Waals surface area contributed by atoms with Gasteiger partial charge in [-0.15, -0.1) is 0 Å². The van der Waals surface area contributed by atoms with Crippen molar-refractivity contribution in [2.24, 2.45) is 0 Å². The molecular formula is C31H37Cl2N3O4S. The molecule has 3 rings (SSSR count). The topological polar surface area (TPSA) is 86.8 Å². The minimum atomic E-state index is -4.15. The number of rotatable bonds is 11. The molecule has 0 unspecified atom stereocenters. The van der Waals surface area contributed by atoms with Crippen molar-refractivity contribution in [1.29, 1.82) is 0 Å². The number of anilines is 1. The van der Waals surface area contributed by atoms with Gasteiger partial charge in [-0.3, -0.25) is 13.9 Å². The molecule has 41 heavy (non-hydrogen) atoms. The maximum Gasteiger partial charge on any atom is 0.264 e. The summed E-state index contributed by atoms with van der Waals surface area (Å²) in [7, 11) is -4.15. The lowest BCUT2D eigenvalue weighted by atomic mass is 10.1. The van der Waals surface area contributed by atoms with Gasteiger partial charge in [-0.1, -0.05) is 66.0 Å². The van der Waals surface area contributed by atoms with Crippen molar-refractivity contribution in [1.82, 2.24) is 10.2 Å². The van der Waals surface area contributed by atoms with Crippen LogP contribution in [0.3, 0.4) is 0 Å². The van der Waals surface area contributed by atoms with E-state index in [-0.39, 0.29) is 23.4 Å². The van der Waals surface area contributed by atoms with E-state index in [0.29, 0.717) is 27.7 Å². The Labute approximate surface area is 253 Å². The molecule has 2 atom stereocenters. The van der Waals surface area contributed by atoms with E-state index in [1.165, 1.54) is 17.0 Å². The maximum atomic E-state index is 14.1. The van der Waals surface area contributed by atoms with Crippen molar-refractivity contribution in [3.05, 3.63) is 93.0 Å². The third-order valence-electron chi connectivity index (χ3n) is 7.26. The molecule has 3 aromatic carbocycles. The second kappa shape index (κ2) is 13.7. The van der Waals surface area contributed by atoms with Gasteiger partial charge in [0.15, 0.2) is 0 Å². The third kappa shape index (κ3) is 7.82. The Bertz CT molecular complexity index is 1510. The number of nitrogens with zero attached hydrogens (tertiary/aromatic N) is 2. The highest BCUT2D eigenvalue weighted by molar-refractivity contribution is 7.92. The number of hydrogen-bond donors (Lipinski definition) is 1. The zero-order chi connectivity index (χ0) is 30.5. The molecule has 0 bridgehead atoms. The van der Waals surface area contributed by atoms with Crippen LogP contribution in [0, 0.1) is 20.8 Å². The largest absolute Gasteiger partial charge is 0.352 e. The van der Waals surface area contributed by atoms with Crippen molar-refractivity contribution < 1.29 is 18.0 Å². The number of carbonyl (C=O) groups is 2. The third-order valence-corrected chi connectivity index (χ3v) is 9.62. The van der Waals surface area contributed by atoms with Gasteiger partial charge in [0, 0.05) is 22.6 Å². The van der Waals surface area contributed by atoms with Gasteiger partial charge in [-0.2, -0.15) is 0 Å². The standard InChI is InChI=1S/C31H37Cl2N3O4S/c1-7-22(4)34-31(38)24(6)35(18-25-13-14-26(32)17-28(25)33)30(37)19-36(29-10-8-9-21(3)23(29)5)41(39,40)27-15-11-20(2)12-16-27/h8-17,22,24H,7,18-19H2,1-6H3,(H,34,38)/t22-,24+/m1/s1. The minimum absolute atomic E-state index is 0.0187. The van der Waals surface area contributed by atoms with Crippen molar-refractivity contribution >= 4 is 50.7 Å². The van der Waals surface area contributed by atoms with Crippen LogP contribution in [0.5, 0.6) is 0 Å². The van der Waals surface area contributed by atoms with Crippen molar-refractivity contribution in [2.45, 2.75) is 71.5 Å². The van der Waals surface area contributed by atoms with E-state index in [9.17, 15) is 18.0 Å². The second-order valence-electron chi connectivity index (χ2n) is 10.3. The van der Waals surface area contributed by atoms with E-state index in [2.05, 4.69) is 5.32 Å². The van der Waals surface area contributed by atoms with E-state index in [4.69, 9.17) is 23.2 Å². The summed E-state index contributed by atoms with van der Waals surface area (Å²) in [5.74, 6) is -0.906. The van der Waals surface area contributed by atoms with E-state index in [1.54, 1.807) is 49.4 Å². The van der Waals surface area contributed by atoms with Gasteiger partial charge in [0.2, 0.25) is 11.8 Å². The number of halogens is 2. The molecule has 0 aliphatic carbocycles. The summed E-state index contributed by atoms with van der Waals surface area (Å²) in [5.41, 5.74) is 3.48. The Kier molecular flexibility index (Phi) is 10.9. The Balaban J connectivity index is 2.09. The Hall–Kier alpha value is -3.07. The number of amides is 2. The zero-order valence-electron chi connectivity index (χ0n) is 24.2. The van der Waals surface area contributed by atoms with Crippen LogP contribution >= 0.6 is 23.2 Å². The summed E-state index contributed by atoms with van der Waals surface area (Å²) in [6, 6.07) is 15.7. The van der Waals surface area contributed by atoms with Gasteiger partial charge < -0.3 is 10.2 Å². The first-order valence-electron chi connectivity index (χ1n) is 13.5. The minimum Gasteiger partial charge on any atom is -0.352 e. The lowest BCUT2D eigenvalue weighted by Crippen LogP contribution is -2.52. The SMILES string of the molecule is CC[C@@H](C)NC(=O)[C@H](C)N(Cc1ccc(Cl)cc1Cl)C(=O)CN(c1cccc(C)c1C)S(=O)(=O)c1ccc(C)cc1. The summed E-state index contributed by atoms with van der Waals surface area (Å²) in [6.07, 6.45) is 0.713. The average Bonchev–Trinajstić information content (AvgIpc) is 2.92. The molecule has 0 aliphatic heterocycles. The average molecular weight is 619 g/mol. The molecule has 10 heteroatoms. The highest BCUT2D eigenvalue weighted by Gasteiger charge is 2.33. The fourth-order valence-corrected chi connectivity index (χ4v) is 6.18. The maximum absolute atomic E-state index is 14.1. The highest BCUT2D eigenvalue weighted by atomic mass is 35.5.